The quantitative estimate of drug-likeness (QED) is 0.482. The maximum atomic E-state index is 11.7. The van der Waals surface area contributed by atoms with Crippen molar-refractivity contribution in [1.29, 1.82) is 0 Å². The zero-order chi connectivity index (χ0) is 16.8. The Balaban J connectivity index is 0.00000288. The monoisotopic (exact) mass is 333 g/mol. The average molecular weight is 333 g/mol. The van der Waals surface area contributed by atoms with E-state index in [0.717, 1.165) is 18.3 Å². The normalized spacial score (nSPS) is 10.0. The van der Waals surface area contributed by atoms with Gasteiger partial charge in [0.05, 0.1) is 27.7 Å². The van der Waals surface area contributed by atoms with E-state index >= 15 is 0 Å². The van der Waals surface area contributed by atoms with Gasteiger partial charge in [-0.25, -0.2) is 5.43 Å². The van der Waals surface area contributed by atoms with Gasteiger partial charge in [0.15, 0.2) is 0 Å². The van der Waals surface area contributed by atoms with Crippen molar-refractivity contribution >= 4 is 23.5 Å². The number of pyridine rings is 1. The van der Waals surface area contributed by atoms with E-state index in [1.165, 1.54) is 30.6 Å². The summed E-state index contributed by atoms with van der Waals surface area (Å²) in [5.74, 6) is -0.520. The largest absolute Gasteiger partial charge is 0.412 e. The number of amides is 1. The van der Waals surface area contributed by atoms with E-state index in [4.69, 9.17) is 0 Å². The summed E-state index contributed by atoms with van der Waals surface area (Å²) in [5, 5.41) is 25.2. The van der Waals surface area contributed by atoms with Crippen molar-refractivity contribution in [2.75, 3.05) is 0 Å². The van der Waals surface area contributed by atoms with Crippen molar-refractivity contribution in [2.45, 2.75) is 0 Å². The van der Waals surface area contributed by atoms with Gasteiger partial charge in [-0.2, -0.15) is 5.10 Å². The van der Waals surface area contributed by atoms with E-state index in [2.05, 4.69) is 15.5 Å². The van der Waals surface area contributed by atoms with E-state index in [0.29, 0.717) is 5.56 Å². The molecule has 0 aliphatic heterocycles. The van der Waals surface area contributed by atoms with Gasteiger partial charge in [-0.3, -0.25) is 30.0 Å². The molecule has 0 saturated carbocycles. The number of aromatic nitrogens is 1. The lowest BCUT2D eigenvalue weighted by atomic mass is 10.2. The van der Waals surface area contributed by atoms with Gasteiger partial charge in [0, 0.05) is 24.0 Å². The molecule has 3 N–H and O–H groups in total. The van der Waals surface area contributed by atoms with Crippen LogP contribution in [0, 0.1) is 20.2 Å². The van der Waals surface area contributed by atoms with E-state index < -0.39 is 27.1 Å². The minimum Gasteiger partial charge on any atom is -0.412 e. The van der Waals surface area contributed by atoms with Crippen LogP contribution in [0.5, 0.6) is 0 Å². The third-order valence-corrected chi connectivity index (χ3v) is 2.73. The number of hydrazone groups is 1. The molecule has 0 spiro atoms. The van der Waals surface area contributed by atoms with Gasteiger partial charge in [0.2, 0.25) is 0 Å². The van der Waals surface area contributed by atoms with Crippen LogP contribution in [0.25, 0.3) is 0 Å². The molecule has 0 bridgehead atoms. The van der Waals surface area contributed by atoms with Crippen molar-refractivity contribution < 1.29 is 20.1 Å². The van der Waals surface area contributed by atoms with Gasteiger partial charge in [-0.05, 0) is 18.2 Å². The molecule has 1 amide bonds. The van der Waals surface area contributed by atoms with Crippen LogP contribution in [0.3, 0.4) is 0 Å². The standard InChI is InChI=1S/C13H9N5O5.H2O/c19-13(9-3-5-14-6-4-9)16-15-8-10-1-2-11(17(20)21)7-12(10)18(22)23;/h1-8H,(H,16,19);1H2/b15-8+;. The average Bonchev–Trinajstić information content (AvgIpc) is 2.55. The highest BCUT2D eigenvalue weighted by Gasteiger charge is 2.18. The van der Waals surface area contributed by atoms with Crippen molar-refractivity contribution in [3.8, 4) is 0 Å². The lowest BCUT2D eigenvalue weighted by molar-refractivity contribution is -0.394. The molecule has 124 valence electrons. The molecular formula is C13H11N5O6. The van der Waals surface area contributed by atoms with Crippen LogP contribution in [-0.4, -0.2) is 32.4 Å². The molecule has 0 unspecified atom stereocenters. The summed E-state index contributed by atoms with van der Waals surface area (Å²) >= 11 is 0. The molecule has 0 fully saturated rings. The van der Waals surface area contributed by atoms with Crippen LogP contribution in [0.15, 0.2) is 47.8 Å². The Morgan fingerprint density at radius 2 is 1.79 bits per heavy atom. The van der Waals surface area contributed by atoms with Gasteiger partial charge < -0.3 is 5.48 Å². The summed E-state index contributed by atoms with van der Waals surface area (Å²) in [7, 11) is 0. The number of carbonyl (C=O) groups excluding carboxylic acids is 1. The third kappa shape index (κ3) is 4.38. The first-order chi connectivity index (χ1) is 11.0. The second-order valence-corrected chi connectivity index (χ2v) is 4.19. The first kappa shape index (κ1) is 18.3. The first-order valence-corrected chi connectivity index (χ1v) is 6.15. The molecule has 0 aliphatic rings. The predicted molar refractivity (Wildman–Crippen MR) is 82.7 cm³/mol. The van der Waals surface area contributed by atoms with Crippen LogP contribution in [0.1, 0.15) is 15.9 Å². The van der Waals surface area contributed by atoms with Crippen molar-refractivity contribution in [3.63, 3.8) is 0 Å². The highest BCUT2D eigenvalue weighted by atomic mass is 16.6. The summed E-state index contributed by atoms with van der Waals surface area (Å²) in [6.07, 6.45) is 3.90. The molecule has 2 aromatic rings. The molecular weight excluding hydrogens is 322 g/mol. The first-order valence-electron chi connectivity index (χ1n) is 6.15. The maximum absolute atomic E-state index is 11.7. The fraction of sp³-hybridized carbons (Fsp3) is 0. The number of nitro benzene ring substituents is 2. The molecule has 0 radical (unpaired) electrons. The van der Waals surface area contributed by atoms with Gasteiger partial charge in [-0.15, -0.1) is 0 Å². The Morgan fingerprint density at radius 1 is 1.12 bits per heavy atom. The molecule has 24 heavy (non-hydrogen) atoms. The smallest absolute Gasteiger partial charge is 0.285 e. The Kier molecular flexibility index (Phi) is 6.14. The summed E-state index contributed by atoms with van der Waals surface area (Å²) in [6, 6.07) is 6.06. The fourth-order valence-corrected chi connectivity index (χ4v) is 1.64. The molecule has 0 atom stereocenters. The Bertz CT molecular complexity index is 793. The van der Waals surface area contributed by atoms with Gasteiger partial charge in [-0.1, -0.05) is 0 Å². The number of non-ortho nitro benzene ring substituents is 1. The fourth-order valence-electron chi connectivity index (χ4n) is 1.64. The molecule has 0 saturated heterocycles. The number of nitro groups is 2. The van der Waals surface area contributed by atoms with E-state index in [9.17, 15) is 25.0 Å². The molecule has 11 nitrogen and oxygen atoms in total. The lowest BCUT2D eigenvalue weighted by Crippen LogP contribution is -2.17. The molecule has 11 heteroatoms. The van der Waals surface area contributed by atoms with Gasteiger partial charge in [0.25, 0.3) is 17.3 Å². The van der Waals surface area contributed by atoms with E-state index in [1.807, 2.05) is 0 Å². The Morgan fingerprint density at radius 3 is 2.38 bits per heavy atom. The Hall–Kier alpha value is -3.73. The second kappa shape index (κ2) is 8.05. The second-order valence-electron chi connectivity index (χ2n) is 4.19. The number of carbonyl (C=O) groups is 1. The highest BCUT2D eigenvalue weighted by Crippen LogP contribution is 2.23. The maximum Gasteiger partial charge on any atom is 0.285 e. The van der Waals surface area contributed by atoms with Crippen molar-refractivity contribution in [1.82, 2.24) is 10.4 Å². The number of nitrogens with one attached hydrogen (secondary N) is 1. The molecule has 1 aromatic heterocycles. The van der Waals surface area contributed by atoms with Crippen molar-refractivity contribution in [3.05, 3.63) is 74.1 Å². The minimum atomic E-state index is -0.765. The van der Waals surface area contributed by atoms with Gasteiger partial charge in [0.1, 0.15) is 0 Å². The van der Waals surface area contributed by atoms with E-state index in [1.54, 1.807) is 0 Å². The third-order valence-electron chi connectivity index (χ3n) is 2.73. The number of rotatable bonds is 5. The summed E-state index contributed by atoms with van der Waals surface area (Å²) in [5.41, 5.74) is 1.64. The number of hydrogen-bond donors (Lipinski definition) is 1. The zero-order valence-corrected chi connectivity index (χ0v) is 11.9. The zero-order valence-electron chi connectivity index (χ0n) is 11.9. The number of nitrogens with zero attached hydrogens (tertiary/aromatic N) is 4. The SMILES string of the molecule is O.O=C(N/N=C/c1ccc([N+](=O)[O-])cc1[N+](=O)[O-])c1ccncc1. The van der Waals surface area contributed by atoms with Crippen LogP contribution >= 0.6 is 0 Å². The van der Waals surface area contributed by atoms with Gasteiger partial charge >= 0.3 is 0 Å². The topological polar surface area (TPSA) is 172 Å². The van der Waals surface area contributed by atoms with Crippen LogP contribution in [0.4, 0.5) is 11.4 Å². The minimum absolute atomic E-state index is 0. The highest BCUT2D eigenvalue weighted by molar-refractivity contribution is 5.95. The molecule has 0 aliphatic carbocycles. The molecule has 2 rings (SSSR count). The predicted octanol–water partition coefficient (Wildman–Crippen LogP) is 0.837. The van der Waals surface area contributed by atoms with Crippen LogP contribution < -0.4 is 5.43 Å². The number of benzene rings is 1. The van der Waals surface area contributed by atoms with E-state index in [-0.39, 0.29) is 11.0 Å². The Labute approximate surface area is 134 Å². The van der Waals surface area contributed by atoms with Crippen molar-refractivity contribution in [2.24, 2.45) is 5.10 Å². The lowest BCUT2D eigenvalue weighted by Gasteiger charge is -1.99. The number of hydrogen-bond acceptors (Lipinski definition) is 7. The molecule has 1 heterocycles. The van der Waals surface area contributed by atoms with Crippen LogP contribution in [0.2, 0.25) is 0 Å². The molecule has 1 aromatic carbocycles. The summed E-state index contributed by atoms with van der Waals surface area (Å²) in [6.45, 7) is 0. The summed E-state index contributed by atoms with van der Waals surface area (Å²) in [4.78, 5) is 35.6. The summed E-state index contributed by atoms with van der Waals surface area (Å²) < 4.78 is 0. The van der Waals surface area contributed by atoms with Crippen LogP contribution in [-0.2, 0) is 0 Å².